The molecule has 0 saturated carbocycles. The molecule has 0 aliphatic carbocycles. The molecule has 0 saturated heterocycles. The molecule has 3 heteroatoms. The van der Waals surface area contributed by atoms with Crippen molar-refractivity contribution in [3.63, 3.8) is 0 Å². The number of hydrogen-bond acceptors (Lipinski definition) is 2. The summed E-state index contributed by atoms with van der Waals surface area (Å²) in [5.74, 6) is -0.0119. The number of aliphatic hydroxyl groups is 1. The first kappa shape index (κ1) is 12.3. The van der Waals surface area contributed by atoms with Gasteiger partial charge in [-0.3, -0.25) is 0 Å². The Kier molecular flexibility index (Phi) is 4.29. The van der Waals surface area contributed by atoms with Gasteiger partial charge in [0.15, 0.2) is 0 Å². The number of aliphatic hydroxyl groups excluding tert-OH is 1. The fraction of sp³-hybridized carbons (Fsp3) is 0.286. The molecule has 0 aliphatic rings. The third kappa shape index (κ3) is 3.65. The van der Waals surface area contributed by atoms with E-state index in [1.165, 1.54) is 17.7 Å². The van der Waals surface area contributed by atoms with E-state index in [1.807, 2.05) is 5.38 Å². The maximum absolute atomic E-state index is 12.8. The summed E-state index contributed by atoms with van der Waals surface area (Å²) < 4.78 is 12.8. The van der Waals surface area contributed by atoms with Gasteiger partial charge in [0, 0.05) is 6.61 Å². The molecular formula is C14H15FOS. The fourth-order valence-corrected chi connectivity index (χ4v) is 2.58. The summed E-state index contributed by atoms with van der Waals surface area (Å²) in [5.41, 5.74) is 2.33. The smallest absolute Gasteiger partial charge is 0.123 e. The molecule has 0 spiro atoms. The van der Waals surface area contributed by atoms with Crippen LogP contribution in [-0.4, -0.2) is 11.7 Å². The Morgan fingerprint density at radius 2 is 1.76 bits per heavy atom. The maximum atomic E-state index is 12.8. The largest absolute Gasteiger partial charge is 0.396 e. The van der Waals surface area contributed by atoms with E-state index >= 15 is 0 Å². The van der Waals surface area contributed by atoms with Crippen LogP contribution in [0.25, 0.3) is 0 Å². The maximum Gasteiger partial charge on any atom is 0.123 e. The molecule has 2 rings (SSSR count). The van der Waals surface area contributed by atoms with Crippen LogP contribution in [0.2, 0.25) is 0 Å². The van der Waals surface area contributed by atoms with Gasteiger partial charge in [-0.2, -0.15) is 11.3 Å². The summed E-state index contributed by atoms with van der Waals surface area (Å²) in [6.07, 6.45) is 1.66. The lowest BCUT2D eigenvalue weighted by Gasteiger charge is -2.13. The minimum absolute atomic E-state index is 0.160. The van der Waals surface area contributed by atoms with Crippen molar-refractivity contribution in [2.24, 2.45) is 5.92 Å². The van der Waals surface area contributed by atoms with E-state index in [4.69, 9.17) is 0 Å². The Labute approximate surface area is 105 Å². The molecule has 90 valence electrons. The standard InChI is InChI=1S/C14H15FOS/c15-14-3-1-11(2-4-14)7-13(9-16)8-12-5-6-17-10-12/h1-6,10,13,16H,7-9H2. The van der Waals surface area contributed by atoms with Crippen LogP contribution in [0.3, 0.4) is 0 Å². The van der Waals surface area contributed by atoms with Crippen LogP contribution in [0.5, 0.6) is 0 Å². The lowest BCUT2D eigenvalue weighted by molar-refractivity contribution is 0.225. The highest BCUT2D eigenvalue weighted by Gasteiger charge is 2.10. The van der Waals surface area contributed by atoms with Crippen molar-refractivity contribution < 1.29 is 9.50 Å². The molecule has 2 aromatic rings. The van der Waals surface area contributed by atoms with Gasteiger partial charge >= 0.3 is 0 Å². The normalized spacial score (nSPS) is 12.6. The van der Waals surface area contributed by atoms with E-state index in [9.17, 15) is 9.50 Å². The minimum Gasteiger partial charge on any atom is -0.396 e. The molecule has 1 aromatic carbocycles. The van der Waals surface area contributed by atoms with Crippen molar-refractivity contribution in [1.29, 1.82) is 0 Å². The van der Waals surface area contributed by atoms with Gasteiger partial charge in [-0.1, -0.05) is 12.1 Å². The molecule has 0 fully saturated rings. The van der Waals surface area contributed by atoms with Gasteiger partial charge in [0.05, 0.1) is 0 Å². The van der Waals surface area contributed by atoms with E-state index in [2.05, 4.69) is 11.4 Å². The average Bonchev–Trinajstić information content (AvgIpc) is 2.84. The van der Waals surface area contributed by atoms with Crippen LogP contribution in [0.15, 0.2) is 41.1 Å². The van der Waals surface area contributed by atoms with E-state index in [1.54, 1.807) is 23.5 Å². The zero-order chi connectivity index (χ0) is 12.1. The second-order valence-corrected chi connectivity index (χ2v) is 4.99. The predicted molar refractivity (Wildman–Crippen MR) is 68.7 cm³/mol. The lowest BCUT2D eigenvalue weighted by atomic mass is 9.94. The first-order chi connectivity index (χ1) is 8.28. The average molecular weight is 250 g/mol. The summed E-state index contributed by atoms with van der Waals surface area (Å²) in [6.45, 7) is 0.160. The van der Waals surface area contributed by atoms with Crippen molar-refractivity contribution in [2.45, 2.75) is 12.8 Å². The van der Waals surface area contributed by atoms with Crippen LogP contribution in [0, 0.1) is 11.7 Å². The summed E-state index contributed by atoms with van der Waals surface area (Å²) in [4.78, 5) is 0. The van der Waals surface area contributed by atoms with E-state index < -0.39 is 0 Å². The zero-order valence-corrected chi connectivity index (χ0v) is 10.3. The Bertz CT molecular complexity index is 436. The van der Waals surface area contributed by atoms with E-state index in [0.717, 1.165) is 18.4 Å². The minimum atomic E-state index is -0.216. The quantitative estimate of drug-likeness (QED) is 0.863. The molecule has 0 aliphatic heterocycles. The van der Waals surface area contributed by atoms with E-state index in [-0.39, 0.29) is 18.3 Å². The second-order valence-electron chi connectivity index (χ2n) is 4.21. The Morgan fingerprint density at radius 3 is 2.35 bits per heavy atom. The Morgan fingerprint density at radius 1 is 1.06 bits per heavy atom. The van der Waals surface area contributed by atoms with Crippen molar-refractivity contribution in [1.82, 2.24) is 0 Å². The van der Waals surface area contributed by atoms with Crippen molar-refractivity contribution in [2.75, 3.05) is 6.61 Å². The second kappa shape index (κ2) is 5.94. The highest BCUT2D eigenvalue weighted by Crippen LogP contribution is 2.16. The molecule has 0 bridgehead atoms. The third-order valence-corrected chi connectivity index (χ3v) is 3.53. The number of hydrogen-bond donors (Lipinski definition) is 1. The molecule has 0 amide bonds. The zero-order valence-electron chi connectivity index (χ0n) is 9.47. The molecule has 1 unspecified atom stereocenters. The summed E-state index contributed by atoms with van der Waals surface area (Å²) >= 11 is 1.67. The van der Waals surface area contributed by atoms with Crippen LogP contribution < -0.4 is 0 Å². The monoisotopic (exact) mass is 250 g/mol. The lowest BCUT2D eigenvalue weighted by Crippen LogP contribution is -2.12. The van der Waals surface area contributed by atoms with Crippen LogP contribution in [-0.2, 0) is 12.8 Å². The number of rotatable bonds is 5. The molecule has 1 nitrogen and oxygen atoms in total. The predicted octanol–water partition coefficient (Wildman–Crippen LogP) is 3.28. The highest BCUT2D eigenvalue weighted by atomic mass is 32.1. The van der Waals surface area contributed by atoms with E-state index in [0.29, 0.717) is 0 Å². The molecule has 0 radical (unpaired) electrons. The summed E-state index contributed by atoms with van der Waals surface area (Å²) in [7, 11) is 0. The van der Waals surface area contributed by atoms with Crippen molar-refractivity contribution >= 4 is 11.3 Å². The van der Waals surface area contributed by atoms with Crippen molar-refractivity contribution in [3.8, 4) is 0 Å². The molecule has 1 aromatic heterocycles. The molecular weight excluding hydrogens is 235 g/mol. The molecule has 1 N–H and O–H groups in total. The summed E-state index contributed by atoms with van der Waals surface area (Å²) in [5, 5.41) is 13.5. The SMILES string of the molecule is OCC(Cc1ccc(F)cc1)Cc1ccsc1. The van der Waals surface area contributed by atoms with Crippen molar-refractivity contribution in [3.05, 3.63) is 58.0 Å². The number of thiophene rings is 1. The number of halogens is 1. The fourth-order valence-electron chi connectivity index (χ4n) is 1.90. The molecule has 17 heavy (non-hydrogen) atoms. The van der Waals surface area contributed by atoms with Gasteiger partial charge in [-0.25, -0.2) is 4.39 Å². The topological polar surface area (TPSA) is 20.2 Å². The third-order valence-electron chi connectivity index (χ3n) is 2.80. The van der Waals surface area contributed by atoms with Crippen LogP contribution in [0.1, 0.15) is 11.1 Å². The first-order valence-corrected chi connectivity index (χ1v) is 6.58. The number of benzene rings is 1. The Balaban J connectivity index is 1.97. The van der Waals surface area contributed by atoms with Gasteiger partial charge in [0.25, 0.3) is 0 Å². The van der Waals surface area contributed by atoms with Gasteiger partial charge in [0.1, 0.15) is 5.82 Å². The van der Waals surface area contributed by atoms with Gasteiger partial charge in [0.2, 0.25) is 0 Å². The van der Waals surface area contributed by atoms with Gasteiger partial charge in [-0.05, 0) is 58.8 Å². The Hall–Kier alpha value is -1.19. The van der Waals surface area contributed by atoms with Gasteiger partial charge < -0.3 is 5.11 Å². The van der Waals surface area contributed by atoms with Gasteiger partial charge in [-0.15, -0.1) is 0 Å². The summed E-state index contributed by atoms with van der Waals surface area (Å²) in [6, 6.07) is 8.58. The molecule has 1 heterocycles. The molecule has 1 atom stereocenters. The van der Waals surface area contributed by atoms with Crippen LogP contribution >= 0.6 is 11.3 Å². The first-order valence-electron chi connectivity index (χ1n) is 5.64. The van der Waals surface area contributed by atoms with Crippen LogP contribution in [0.4, 0.5) is 4.39 Å². The highest BCUT2D eigenvalue weighted by molar-refractivity contribution is 7.07.